The predicted molar refractivity (Wildman–Crippen MR) is 69.3 cm³/mol. The number of sulfonamides is 1. The fraction of sp³-hybridized carbons (Fsp3) is 0.400. The van der Waals surface area contributed by atoms with Crippen molar-refractivity contribution in [3.8, 4) is 5.75 Å². The first-order chi connectivity index (χ1) is 9.35. The molecule has 1 aromatic rings. The normalized spacial score (nSPS) is 17.1. The third-order valence-corrected chi connectivity index (χ3v) is 5.23. The molecule has 0 aromatic heterocycles. The number of hydrogen-bond acceptors (Lipinski definition) is 6. The third-order valence-electron chi connectivity index (χ3n) is 2.83. The van der Waals surface area contributed by atoms with Gasteiger partial charge >= 0.3 is 5.69 Å². The van der Waals surface area contributed by atoms with Gasteiger partial charge in [0, 0.05) is 19.2 Å². The van der Waals surface area contributed by atoms with Crippen molar-refractivity contribution in [2.45, 2.75) is 4.90 Å². The van der Waals surface area contributed by atoms with Gasteiger partial charge in [-0.25, -0.2) is 8.42 Å². The Bertz CT molecular complexity index is 641. The second kappa shape index (κ2) is 5.52. The summed E-state index contributed by atoms with van der Waals surface area (Å²) in [5.41, 5.74) is -0.707. The molecule has 1 fully saturated rings. The van der Waals surface area contributed by atoms with E-state index in [9.17, 15) is 23.6 Å². The second-order valence-corrected chi connectivity index (χ2v) is 6.30. The lowest BCUT2D eigenvalue weighted by Crippen LogP contribution is -2.40. The topological polar surface area (TPSA) is 110 Å². The molecule has 0 aliphatic carbocycles. The molecule has 1 heterocycles. The molecule has 0 unspecified atom stereocenters. The van der Waals surface area contributed by atoms with Gasteiger partial charge in [-0.3, -0.25) is 10.1 Å². The average molecular weight is 323 g/mol. The van der Waals surface area contributed by atoms with E-state index in [1.165, 1.54) is 0 Å². The Morgan fingerprint density at radius 3 is 2.50 bits per heavy atom. The van der Waals surface area contributed by atoms with Crippen LogP contribution in [0.25, 0.3) is 0 Å². The van der Waals surface area contributed by atoms with Gasteiger partial charge in [0.2, 0.25) is 15.8 Å². The molecule has 2 rings (SSSR count). The van der Waals surface area contributed by atoms with Crippen LogP contribution in [0.3, 0.4) is 0 Å². The molecular weight excluding hydrogens is 312 g/mol. The Morgan fingerprint density at radius 2 is 1.95 bits per heavy atom. The molecule has 1 aliphatic heterocycles. The number of morpholine rings is 1. The number of aromatic hydroxyl groups is 1. The van der Waals surface area contributed by atoms with Crippen LogP contribution in [0, 0.1) is 10.1 Å². The number of ether oxygens (including phenoxy) is 1. The average Bonchev–Trinajstić information content (AvgIpc) is 2.39. The number of phenolic OH excluding ortho intramolecular Hbond substituents is 1. The quantitative estimate of drug-likeness (QED) is 0.656. The summed E-state index contributed by atoms with van der Waals surface area (Å²) in [5, 5.41) is 20.3. The molecule has 8 nitrogen and oxygen atoms in total. The van der Waals surface area contributed by atoms with Gasteiger partial charge in [0.1, 0.15) is 4.90 Å². The van der Waals surface area contributed by atoms with E-state index in [1.54, 1.807) is 0 Å². The smallest absolute Gasteiger partial charge is 0.312 e. The molecule has 0 saturated carbocycles. The van der Waals surface area contributed by atoms with E-state index < -0.39 is 31.3 Å². The van der Waals surface area contributed by atoms with Crippen LogP contribution in [-0.4, -0.2) is 49.1 Å². The maximum absolute atomic E-state index is 12.4. The first-order valence-corrected chi connectivity index (χ1v) is 7.41. The number of nitro benzene ring substituents is 1. The van der Waals surface area contributed by atoms with Crippen LogP contribution in [0.2, 0.25) is 5.02 Å². The first kappa shape index (κ1) is 15.0. The molecule has 0 bridgehead atoms. The van der Waals surface area contributed by atoms with Crippen LogP contribution in [0.15, 0.2) is 17.0 Å². The first-order valence-electron chi connectivity index (χ1n) is 5.59. The highest BCUT2D eigenvalue weighted by atomic mass is 35.5. The summed E-state index contributed by atoms with van der Waals surface area (Å²) in [5.74, 6) is -0.950. The standard InChI is InChI=1S/C10H11ClN2O6S/c11-7-1-2-8(13(15)16)9(14)10(7)20(17,18)12-3-5-19-6-4-12/h1-2,14H,3-6H2. The van der Waals surface area contributed by atoms with Crippen LogP contribution < -0.4 is 0 Å². The highest BCUT2D eigenvalue weighted by Crippen LogP contribution is 2.39. The van der Waals surface area contributed by atoms with E-state index in [2.05, 4.69) is 0 Å². The van der Waals surface area contributed by atoms with Crippen LogP contribution in [0.5, 0.6) is 5.75 Å². The van der Waals surface area contributed by atoms with Crippen LogP contribution in [-0.2, 0) is 14.8 Å². The maximum Gasteiger partial charge on any atom is 0.312 e. The fourth-order valence-corrected chi connectivity index (χ4v) is 3.84. The molecule has 0 radical (unpaired) electrons. The van der Waals surface area contributed by atoms with E-state index in [0.29, 0.717) is 0 Å². The number of phenols is 1. The van der Waals surface area contributed by atoms with E-state index in [4.69, 9.17) is 16.3 Å². The maximum atomic E-state index is 12.4. The van der Waals surface area contributed by atoms with Gasteiger partial charge < -0.3 is 9.84 Å². The summed E-state index contributed by atoms with van der Waals surface area (Å²) in [6.07, 6.45) is 0. The molecule has 1 aliphatic rings. The number of hydrogen-bond donors (Lipinski definition) is 1. The lowest BCUT2D eigenvalue weighted by Gasteiger charge is -2.26. The van der Waals surface area contributed by atoms with Gasteiger partial charge in [0.05, 0.1) is 23.2 Å². The molecular formula is C10H11ClN2O6S. The summed E-state index contributed by atoms with van der Waals surface area (Å²) in [6, 6.07) is 2.03. The Balaban J connectivity index is 2.56. The Labute approximate surface area is 119 Å². The van der Waals surface area contributed by atoms with E-state index >= 15 is 0 Å². The summed E-state index contributed by atoms with van der Waals surface area (Å²) >= 11 is 5.79. The van der Waals surface area contributed by atoms with Crippen molar-refractivity contribution >= 4 is 27.3 Å². The molecule has 1 N–H and O–H groups in total. The van der Waals surface area contributed by atoms with E-state index in [1.807, 2.05) is 0 Å². The second-order valence-electron chi connectivity index (χ2n) is 4.02. The zero-order chi connectivity index (χ0) is 14.9. The largest absolute Gasteiger partial charge is 0.501 e. The van der Waals surface area contributed by atoms with Crippen molar-refractivity contribution in [2.75, 3.05) is 26.3 Å². The Hall–Kier alpha value is -1.42. The Morgan fingerprint density at radius 1 is 1.35 bits per heavy atom. The van der Waals surface area contributed by atoms with E-state index in [0.717, 1.165) is 16.4 Å². The van der Waals surface area contributed by atoms with Crippen molar-refractivity contribution in [3.63, 3.8) is 0 Å². The molecule has 20 heavy (non-hydrogen) atoms. The number of nitro groups is 1. The van der Waals surface area contributed by atoms with Crippen molar-refractivity contribution in [2.24, 2.45) is 0 Å². The Kier molecular flexibility index (Phi) is 4.14. The van der Waals surface area contributed by atoms with Gasteiger partial charge in [-0.15, -0.1) is 0 Å². The molecule has 1 saturated heterocycles. The van der Waals surface area contributed by atoms with Crippen molar-refractivity contribution < 1.29 is 23.2 Å². The third kappa shape index (κ3) is 2.57. The van der Waals surface area contributed by atoms with Crippen molar-refractivity contribution in [1.82, 2.24) is 4.31 Å². The lowest BCUT2D eigenvalue weighted by molar-refractivity contribution is -0.386. The highest BCUT2D eigenvalue weighted by Gasteiger charge is 2.34. The molecule has 1 aromatic carbocycles. The number of nitrogens with zero attached hydrogens (tertiary/aromatic N) is 2. The summed E-state index contributed by atoms with van der Waals surface area (Å²) < 4.78 is 30.9. The summed E-state index contributed by atoms with van der Waals surface area (Å²) in [4.78, 5) is 9.25. The highest BCUT2D eigenvalue weighted by molar-refractivity contribution is 7.89. The van der Waals surface area contributed by atoms with Gasteiger partial charge in [-0.1, -0.05) is 11.6 Å². The minimum Gasteiger partial charge on any atom is -0.501 e. The van der Waals surface area contributed by atoms with Crippen molar-refractivity contribution in [1.29, 1.82) is 0 Å². The van der Waals surface area contributed by atoms with Crippen LogP contribution >= 0.6 is 11.6 Å². The van der Waals surface area contributed by atoms with Crippen molar-refractivity contribution in [3.05, 3.63) is 27.3 Å². The van der Waals surface area contributed by atoms with Gasteiger partial charge in [-0.2, -0.15) is 4.31 Å². The summed E-state index contributed by atoms with van der Waals surface area (Å²) in [6.45, 7) is 0.626. The predicted octanol–water partition coefficient (Wildman–Crippen LogP) is 0.975. The minimum atomic E-state index is -4.11. The molecule has 110 valence electrons. The number of benzene rings is 1. The molecule has 0 amide bonds. The molecule has 0 atom stereocenters. The van der Waals surface area contributed by atoms with E-state index in [-0.39, 0.29) is 31.3 Å². The zero-order valence-electron chi connectivity index (χ0n) is 10.2. The van der Waals surface area contributed by atoms with Gasteiger partial charge in [0.15, 0.2) is 0 Å². The van der Waals surface area contributed by atoms with Gasteiger partial charge in [0.25, 0.3) is 0 Å². The summed E-state index contributed by atoms with van der Waals surface area (Å²) in [7, 11) is -4.11. The monoisotopic (exact) mass is 322 g/mol. The van der Waals surface area contributed by atoms with Crippen LogP contribution in [0.1, 0.15) is 0 Å². The number of rotatable bonds is 3. The molecule has 0 spiro atoms. The SMILES string of the molecule is O=[N+]([O-])c1ccc(Cl)c(S(=O)(=O)N2CCOCC2)c1O. The van der Waals surface area contributed by atoms with Gasteiger partial charge in [-0.05, 0) is 6.07 Å². The molecule has 10 heteroatoms. The minimum absolute atomic E-state index is 0.0980. The van der Waals surface area contributed by atoms with Crippen LogP contribution in [0.4, 0.5) is 5.69 Å². The lowest BCUT2D eigenvalue weighted by atomic mass is 10.3. The number of halogens is 1. The fourth-order valence-electron chi connectivity index (χ4n) is 1.84. The zero-order valence-corrected chi connectivity index (χ0v) is 11.7.